The Morgan fingerprint density at radius 1 is 0.472 bits per heavy atom. The summed E-state index contributed by atoms with van der Waals surface area (Å²) in [6.45, 7) is 4.22. The van der Waals surface area contributed by atoms with Gasteiger partial charge in [0.2, 0.25) is 5.91 Å². The van der Waals surface area contributed by atoms with Gasteiger partial charge in [0.05, 0.1) is 31.3 Å². The first-order chi connectivity index (χ1) is 26.0. The van der Waals surface area contributed by atoms with E-state index in [0.717, 1.165) is 38.5 Å². The van der Waals surface area contributed by atoms with E-state index in [4.69, 9.17) is 0 Å². The second-order valence-electron chi connectivity index (χ2n) is 16.4. The maximum absolute atomic E-state index is 12.4. The van der Waals surface area contributed by atoms with E-state index in [0.29, 0.717) is 6.42 Å². The number of unbranched alkanes of at least 4 members (excludes halogenated alkanes) is 32. The van der Waals surface area contributed by atoms with Crippen LogP contribution < -0.4 is 5.32 Å². The van der Waals surface area contributed by atoms with Gasteiger partial charge in [-0.1, -0.05) is 224 Å². The summed E-state index contributed by atoms with van der Waals surface area (Å²) in [6, 6.07) is -0.747. The van der Waals surface area contributed by atoms with Gasteiger partial charge in [0.1, 0.15) is 0 Å². The molecule has 0 saturated carbocycles. The van der Waals surface area contributed by atoms with E-state index in [-0.39, 0.29) is 18.9 Å². The highest BCUT2D eigenvalue weighted by molar-refractivity contribution is 5.76. The summed E-state index contributed by atoms with van der Waals surface area (Å²) in [5, 5.41) is 33.3. The number of aliphatic hydroxyl groups excluding tert-OH is 3. The van der Waals surface area contributed by atoms with Gasteiger partial charge in [-0.15, -0.1) is 0 Å². The number of amides is 1. The molecule has 0 aliphatic heterocycles. The molecule has 0 bridgehead atoms. The van der Waals surface area contributed by atoms with Crippen molar-refractivity contribution in [2.24, 2.45) is 0 Å². The number of hydrogen-bond donors (Lipinski definition) is 4. The van der Waals surface area contributed by atoms with Crippen molar-refractivity contribution in [2.45, 2.75) is 270 Å². The van der Waals surface area contributed by atoms with Crippen molar-refractivity contribution in [1.29, 1.82) is 0 Å². The van der Waals surface area contributed by atoms with E-state index in [1.165, 1.54) is 186 Å². The molecule has 0 saturated heterocycles. The molecule has 0 aromatic rings. The normalized spacial score (nSPS) is 13.7. The van der Waals surface area contributed by atoms with Gasteiger partial charge < -0.3 is 20.6 Å². The highest BCUT2D eigenvalue weighted by Crippen LogP contribution is 2.16. The van der Waals surface area contributed by atoms with Crippen LogP contribution in [0, 0.1) is 0 Å². The highest BCUT2D eigenvalue weighted by atomic mass is 16.3. The Labute approximate surface area is 331 Å². The van der Waals surface area contributed by atoms with Gasteiger partial charge in [-0.2, -0.15) is 0 Å². The summed E-state index contributed by atoms with van der Waals surface area (Å²) in [5.41, 5.74) is 0. The van der Waals surface area contributed by atoms with Crippen LogP contribution in [-0.4, -0.2) is 46.1 Å². The SMILES string of the molecule is CCCCCCCCCCC/C=C\CCCCCC(O)CC(=O)NC(CO)C(O)/C=C/CCCCCCCCCCCCCCCCCCCCCC. The van der Waals surface area contributed by atoms with Crippen molar-refractivity contribution >= 4 is 5.91 Å². The Morgan fingerprint density at radius 3 is 1.15 bits per heavy atom. The first-order valence-corrected chi connectivity index (χ1v) is 23.6. The zero-order valence-corrected chi connectivity index (χ0v) is 35.7. The zero-order chi connectivity index (χ0) is 38.7. The molecule has 1 amide bonds. The number of allylic oxidation sites excluding steroid dienone is 3. The van der Waals surface area contributed by atoms with Crippen LogP contribution in [0.15, 0.2) is 24.3 Å². The maximum atomic E-state index is 12.4. The lowest BCUT2D eigenvalue weighted by Gasteiger charge is -2.21. The van der Waals surface area contributed by atoms with E-state index >= 15 is 0 Å². The predicted molar refractivity (Wildman–Crippen MR) is 231 cm³/mol. The molecule has 0 radical (unpaired) electrons. The van der Waals surface area contributed by atoms with Crippen LogP contribution in [0.2, 0.25) is 0 Å². The smallest absolute Gasteiger partial charge is 0.222 e. The number of nitrogens with one attached hydrogen (secondary N) is 1. The Balaban J connectivity index is 3.64. The fourth-order valence-electron chi connectivity index (χ4n) is 7.34. The molecule has 314 valence electrons. The van der Waals surface area contributed by atoms with E-state index in [2.05, 4.69) is 31.3 Å². The van der Waals surface area contributed by atoms with Gasteiger partial charge in [0, 0.05) is 0 Å². The van der Waals surface area contributed by atoms with Crippen molar-refractivity contribution in [2.75, 3.05) is 6.61 Å². The summed E-state index contributed by atoms with van der Waals surface area (Å²) < 4.78 is 0. The third-order valence-electron chi connectivity index (χ3n) is 11.0. The molecular weight excluding hydrogens is 655 g/mol. The number of rotatable bonds is 43. The summed E-state index contributed by atoms with van der Waals surface area (Å²) in [5.74, 6) is -0.322. The lowest BCUT2D eigenvalue weighted by molar-refractivity contribution is -0.124. The van der Waals surface area contributed by atoms with Crippen LogP contribution >= 0.6 is 0 Å². The first kappa shape index (κ1) is 51.8. The molecule has 53 heavy (non-hydrogen) atoms. The van der Waals surface area contributed by atoms with Crippen molar-refractivity contribution in [3.05, 3.63) is 24.3 Å². The molecule has 0 spiro atoms. The average molecular weight is 748 g/mol. The van der Waals surface area contributed by atoms with Crippen LogP contribution in [0.3, 0.4) is 0 Å². The molecule has 0 aromatic heterocycles. The summed E-state index contributed by atoms with van der Waals surface area (Å²) in [7, 11) is 0. The van der Waals surface area contributed by atoms with Crippen LogP contribution in [0.4, 0.5) is 0 Å². The van der Waals surface area contributed by atoms with Crippen LogP contribution in [0.25, 0.3) is 0 Å². The van der Waals surface area contributed by atoms with Crippen molar-refractivity contribution in [1.82, 2.24) is 5.32 Å². The molecule has 3 unspecified atom stereocenters. The summed E-state index contributed by atoms with van der Waals surface area (Å²) in [4.78, 5) is 12.4. The number of hydrogen-bond acceptors (Lipinski definition) is 4. The number of carbonyl (C=O) groups excluding carboxylic acids is 1. The second kappa shape index (κ2) is 43.6. The van der Waals surface area contributed by atoms with Gasteiger partial charge in [-0.3, -0.25) is 4.79 Å². The first-order valence-electron chi connectivity index (χ1n) is 23.6. The number of carbonyl (C=O) groups is 1. The van der Waals surface area contributed by atoms with E-state index in [1.54, 1.807) is 6.08 Å². The average Bonchev–Trinajstić information content (AvgIpc) is 3.15. The van der Waals surface area contributed by atoms with Gasteiger partial charge >= 0.3 is 0 Å². The minimum atomic E-state index is -0.931. The molecule has 0 heterocycles. The van der Waals surface area contributed by atoms with E-state index < -0.39 is 18.2 Å². The van der Waals surface area contributed by atoms with Crippen LogP contribution in [-0.2, 0) is 4.79 Å². The summed E-state index contributed by atoms with van der Waals surface area (Å²) >= 11 is 0. The van der Waals surface area contributed by atoms with Crippen molar-refractivity contribution < 1.29 is 20.1 Å². The van der Waals surface area contributed by atoms with Gasteiger partial charge in [-0.05, 0) is 44.9 Å². The molecule has 0 rings (SSSR count). The molecule has 4 N–H and O–H groups in total. The molecule has 0 fully saturated rings. The fourth-order valence-corrected chi connectivity index (χ4v) is 7.34. The van der Waals surface area contributed by atoms with E-state index in [1.807, 2.05) is 6.08 Å². The summed E-state index contributed by atoms with van der Waals surface area (Å²) in [6.07, 6.45) is 53.3. The maximum Gasteiger partial charge on any atom is 0.222 e. The third-order valence-corrected chi connectivity index (χ3v) is 11.0. The van der Waals surface area contributed by atoms with Gasteiger partial charge in [-0.25, -0.2) is 0 Å². The highest BCUT2D eigenvalue weighted by Gasteiger charge is 2.20. The zero-order valence-electron chi connectivity index (χ0n) is 35.7. The Morgan fingerprint density at radius 2 is 0.792 bits per heavy atom. The monoisotopic (exact) mass is 748 g/mol. The van der Waals surface area contributed by atoms with Gasteiger partial charge in [0.15, 0.2) is 0 Å². The molecule has 0 aromatic carbocycles. The van der Waals surface area contributed by atoms with Crippen LogP contribution in [0.1, 0.15) is 251 Å². The molecule has 3 atom stereocenters. The van der Waals surface area contributed by atoms with Crippen LogP contribution in [0.5, 0.6) is 0 Å². The Kier molecular flexibility index (Phi) is 42.6. The molecular formula is C48H93NO4. The minimum absolute atomic E-state index is 0.00494. The predicted octanol–water partition coefficient (Wildman–Crippen LogP) is 13.8. The lowest BCUT2D eigenvalue weighted by atomic mass is 10.0. The molecule has 5 heteroatoms. The number of aliphatic hydroxyl groups is 3. The van der Waals surface area contributed by atoms with Crippen molar-refractivity contribution in [3.8, 4) is 0 Å². The quantitative estimate of drug-likeness (QED) is 0.0369. The second-order valence-corrected chi connectivity index (χ2v) is 16.4. The van der Waals surface area contributed by atoms with E-state index in [9.17, 15) is 20.1 Å². The topological polar surface area (TPSA) is 89.8 Å². The standard InChI is InChI=1S/C48H93NO4/c1-3-5-7-9-11-13-15-17-19-21-22-23-24-25-26-28-30-32-34-36-38-40-42-47(52)46(44-50)49-48(53)43-45(51)41-39-37-35-33-31-29-27-20-18-16-14-12-10-8-6-4-2/h29,31,40,42,45-47,50-52H,3-28,30,32-39,41,43-44H2,1-2H3,(H,49,53)/b31-29-,42-40+. The molecule has 5 nitrogen and oxygen atoms in total. The largest absolute Gasteiger partial charge is 0.394 e. The lowest BCUT2D eigenvalue weighted by Crippen LogP contribution is -2.45. The third kappa shape index (κ3) is 40.3. The van der Waals surface area contributed by atoms with Crippen molar-refractivity contribution in [3.63, 3.8) is 0 Å². The Bertz CT molecular complexity index is 784. The minimum Gasteiger partial charge on any atom is -0.394 e. The van der Waals surface area contributed by atoms with Gasteiger partial charge in [0.25, 0.3) is 0 Å². The Hall–Kier alpha value is -1.17. The fraction of sp³-hybridized carbons (Fsp3) is 0.896. The molecule has 0 aliphatic rings. The molecule has 0 aliphatic carbocycles.